The summed E-state index contributed by atoms with van der Waals surface area (Å²) >= 11 is 0. The molecule has 0 radical (unpaired) electrons. The van der Waals surface area contributed by atoms with E-state index in [2.05, 4.69) is 15.1 Å². The Morgan fingerprint density at radius 3 is 2.48 bits per heavy atom. The maximum absolute atomic E-state index is 13.5. The van der Waals surface area contributed by atoms with Crippen molar-refractivity contribution in [2.75, 3.05) is 0 Å². The van der Waals surface area contributed by atoms with Crippen LogP contribution in [0.1, 0.15) is 17.6 Å². The molecular weight excluding hydrogens is 359 g/mol. The van der Waals surface area contributed by atoms with Crippen LogP contribution in [0, 0.1) is 11.8 Å². The average Bonchev–Trinajstić information content (AvgIpc) is 3.06. The molecule has 0 atom stereocenters. The van der Waals surface area contributed by atoms with Crippen molar-refractivity contribution in [3.05, 3.63) is 77.9 Å². The maximum atomic E-state index is 13.5. The normalized spacial score (nSPS) is 11.4. The van der Waals surface area contributed by atoms with Crippen LogP contribution >= 0.6 is 0 Å². The zero-order chi connectivity index (χ0) is 19.0. The second-order valence-corrected chi connectivity index (χ2v) is 5.96. The highest BCUT2D eigenvalue weighted by molar-refractivity contribution is 5.80. The second kappa shape index (κ2) is 6.79. The first-order valence-electron chi connectivity index (χ1n) is 8.01. The highest BCUT2D eigenvalue weighted by atomic mass is 19.3. The van der Waals surface area contributed by atoms with E-state index >= 15 is 0 Å². The number of fused-ring (bicyclic) bond motifs is 1. The monoisotopic (exact) mass is 371 g/mol. The Hall–Kier alpha value is -3.29. The van der Waals surface area contributed by atoms with Crippen molar-refractivity contribution >= 4 is 11.0 Å². The highest BCUT2D eigenvalue weighted by Gasteiger charge is 2.15. The number of benzene rings is 1. The molecule has 0 N–H and O–H groups in total. The van der Waals surface area contributed by atoms with Gasteiger partial charge in [-0.15, -0.1) is 0 Å². The van der Waals surface area contributed by atoms with Crippen LogP contribution in [0.5, 0.6) is 0 Å². The topological polar surface area (TPSA) is 43.6 Å². The van der Waals surface area contributed by atoms with Crippen molar-refractivity contribution in [1.82, 2.24) is 19.7 Å². The molecule has 4 aromatic rings. The number of aromatic nitrogens is 4. The number of halogens is 4. The van der Waals surface area contributed by atoms with Crippen molar-refractivity contribution in [2.24, 2.45) is 0 Å². The number of pyridine rings is 2. The lowest BCUT2D eigenvalue weighted by Gasteiger charge is -2.08. The molecular formula is C19H12F4N4. The minimum absolute atomic E-state index is 0.341. The van der Waals surface area contributed by atoms with Gasteiger partial charge in [0.25, 0.3) is 6.43 Å². The lowest BCUT2D eigenvalue weighted by molar-refractivity contribution is 0.146. The van der Waals surface area contributed by atoms with E-state index < -0.39 is 23.8 Å². The van der Waals surface area contributed by atoms with Crippen LogP contribution in [0.25, 0.3) is 22.2 Å². The average molecular weight is 371 g/mol. The Morgan fingerprint density at radius 2 is 1.74 bits per heavy atom. The third-order valence-electron chi connectivity index (χ3n) is 4.18. The molecule has 0 unspecified atom stereocenters. The van der Waals surface area contributed by atoms with E-state index in [1.807, 2.05) is 0 Å². The van der Waals surface area contributed by atoms with Gasteiger partial charge in [-0.1, -0.05) is 12.1 Å². The van der Waals surface area contributed by atoms with Gasteiger partial charge in [0.1, 0.15) is 11.3 Å². The van der Waals surface area contributed by atoms with Crippen molar-refractivity contribution in [3.63, 3.8) is 0 Å². The highest BCUT2D eigenvalue weighted by Crippen LogP contribution is 2.29. The van der Waals surface area contributed by atoms with Gasteiger partial charge in [-0.25, -0.2) is 18.2 Å². The van der Waals surface area contributed by atoms with Crippen LogP contribution in [-0.4, -0.2) is 19.7 Å². The van der Waals surface area contributed by atoms with Gasteiger partial charge < -0.3 is 0 Å². The predicted octanol–water partition coefficient (Wildman–Crippen LogP) is 4.76. The maximum Gasteiger partial charge on any atom is 0.266 e. The number of rotatable bonds is 4. The van der Waals surface area contributed by atoms with Gasteiger partial charge in [0.2, 0.25) is 5.95 Å². The Balaban J connectivity index is 1.74. The summed E-state index contributed by atoms with van der Waals surface area (Å²) in [6.07, 6.45) is 1.61. The van der Waals surface area contributed by atoms with E-state index in [1.165, 1.54) is 24.5 Å². The van der Waals surface area contributed by atoms with Gasteiger partial charge in [0.15, 0.2) is 0 Å². The van der Waals surface area contributed by atoms with Gasteiger partial charge in [-0.05, 0) is 35.4 Å². The molecule has 4 rings (SSSR count). The SMILES string of the molecule is Fc1ccc(-c2cnc3cnn(Cc4ccc([18F])nc4)c3c2)cc1C(F)F. The quantitative estimate of drug-likeness (QED) is 0.384. The summed E-state index contributed by atoms with van der Waals surface area (Å²) < 4.78 is 54.1. The molecule has 0 aliphatic heterocycles. The lowest BCUT2D eigenvalue weighted by Crippen LogP contribution is -2.02. The molecule has 136 valence electrons. The smallest absolute Gasteiger partial charge is 0.259 e. The van der Waals surface area contributed by atoms with Gasteiger partial charge in [-0.3, -0.25) is 9.67 Å². The van der Waals surface area contributed by atoms with Crippen LogP contribution in [0.3, 0.4) is 0 Å². The molecule has 0 saturated heterocycles. The Morgan fingerprint density at radius 1 is 0.889 bits per heavy atom. The molecule has 8 heteroatoms. The Labute approximate surface area is 151 Å². The third kappa shape index (κ3) is 3.38. The van der Waals surface area contributed by atoms with Gasteiger partial charge in [-0.2, -0.15) is 9.49 Å². The standard InChI is InChI=1S/C19H12F4N4/c20-15-3-2-12(5-14(15)19(22)23)13-6-17-16(24-8-13)9-26-27(17)10-11-1-4-18(21)25-7-11/h1-9,19H,10H2/i21-1. The summed E-state index contributed by atoms with van der Waals surface area (Å²) in [5, 5.41) is 4.26. The Bertz CT molecular complexity index is 1110. The van der Waals surface area contributed by atoms with E-state index in [0.29, 0.717) is 28.7 Å². The first-order chi connectivity index (χ1) is 13.0. The molecule has 0 amide bonds. The van der Waals surface area contributed by atoms with Gasteiger partial charge in [0, 0.05) is 18.0 Å². The zero-order valence-corrected chi connectivity index (χ0v) is 13.8. The third-order valence-corrected chi connectivity index (χ3v) is 4.18. The Kier molecular flexibility index (Phi) is 4.31. The summed E-state index contributed by atoms with van der Waals surface area (Å²) in [7, 11) is 0. The molecule has 4 nitrogen and oxygen atoms in total. The molecule has 0 aliphatic rings. The summed E-state index contributed by atoms with van der Waals surface area (Å²) in [6, 6.07) is 8.16. The molecule has 0 saturated carbocycles. The van der Waals surface area contributed by atoms with Crippen molar-refractivity contribution < 1.29 is 17.6 Å². The van der Waals surface area contributed by atoms with Crippen LogP contribution in [0.15, 0.2) is 55.0 Å². The summed E-state index contributed by atoms with van der Waals surface area (Å²) in [4.78, 5) is 7.90. The molecule has 0 spiro atoms. The van der Waals surface area contributed by atoms with E-state index in [1.54, 1.807) is 23.0 Å². The summed E-state index contributed by atoms with van der Waals surface area (Å²) in [5.74, 6) is -1.52. The lowest BCUT2D eigenvalue weighted by atomic mass is 10.0. The molecule has 0 fully saturated rings. The molecule has 0 bridgehead atoms. The molecule has 3 aromatic heterocycles. The fourth-order valence-electron chi connectivity index (χ4n) is 2.80. The van der Waals surface area contributed by atoms with Gasteiger partial charge >= 0.3 is 0 Å². The predicted molar refractivity (Wildman–Crippen MR) is 91.2 cm³/mol. The number of hydrogen-bond donors (Lipinski definition) is 0. The fourth-order valence-corrected chi connectivity index (χ4v) is 2.80. The van der Waals surface area contributed by atoms with Crippen LogP contribution in [0.2, 0.25) is 0 Å². The number of alkyl halides is 2. The minimum atomic E-state index is -2.90. The first kappa shape index (κ1) is 17.1. The van der Waals surface area contributed by atoms with Crippen molar-refractivity contribution in [2.45, 2.75) is 13.0 Å². The van der Waals surface area contributed by atoms with E-state index in [9.17, 15) is 17.6 Å². The van der Waals surface area contributed by atoms with Gasteiger partial charge in [0.05, 0.1) is 23.8 Å². The molecule has 0 aliphatic carbocycles. The molecule has 1 aromatic carbocycles. The summed E-state index contributed by atoms with van der Waals surface area (Å²) in [6.45, 7) is 0.341. The van der Waals surface area contributed by atoms with Crippen molar-refractivity contribution in [3.8, 4) is 11.1 Å². The zero-order valence-electron chi connectivity index (χ0n) is 13.8. The fraction of sp³-hybridized carbons (Fsp3) is 0.105. The first-order valence-corrected chi connectivity index (χ1v) is 8.01. The van der Waals surface area contributed by atoms with Crippen molar-refractivity contribution in [1.29, 1.82) is 0 Å². The second-order valence-electron chi connectivity index (χ2n) is 5.96. The summed E-state index contributed by atoms with van der Waals surface area (Å²) in [5.41, 5.74) is 2.36. The van der Waals surface area contributed by atoms with Crippen LogP contribution in [-0.2, 0) is 6.54 Å². The van der Waals surface area contributed by atoms with Crippen LogP contribution in [0.4, 0.5) is 17.6 Å². The number of nitrogens with zero attached hydrogens (tertiary/aromatic N) is 4. The number of hydrogen-bond acceptors (Lipinski definition) is 3. The van der Waals surface area contributed by atoms with E-state index in [-0.39, 0.29) is 0 Å². The minimum Gasteiger partial charge on any atom is -0.259 e. The van der Waals surface area contributed by atoms with Crippen LogP contribution < -0.4 is 0 Å². The largest absolute Gasteiger partial charge is 0.266 e. The molecule has 3 heterocycles. The van der Waals surface area contributed by atoms with E-state index in [4.69, 9.17) is 0 Å². The molecule has 27 heavy (non-hydrogen) atoms. The van der Waals surface area contributed by atoms with E-state index in [0.717, 1.165) is 17.7 Å².